The lowest BCUT2D eigenvalue weighted by Crippen LogP contribution is -2.40. The SMILES string of the molecule is CC(C)OC1(Cn2nnc3ccccc32)CCOC1. The number of nitrogens with zero attached hydrogens (tertiary/aromatic N) is 3. The largest absolute Gasteiger partial charge is 0.378 e. The van der Waals surface area contributed by atoms with Gasteiger partial charge in [-0.1, -0.05) is 17.3 Å². The fraction of sp³-hybridized carbons (Fsp3) is 0.571. The number of aromatic nitrogens is 3. The predicted octanol–water partition coefficient (Wildman–Crippen LogP) is 2.02. The molecule has 0 radical (unpaired) electrons. The average Bonchev–Trinajstić information content (AvgIpc) is 2.98. The Labute approximate surface area is 112 Å². The fourth-order valence-corrected chi connectivity index (χ4v) is 2.65. The monoisotopic (exact) mass is 261 g/mol. The molecule has 0 saturated carbocycles. The minimum atomic E-state index is -0.273. The molecule has 3 rings (SSSR count). The molecule has 0 N–H and O–H groups in total. The summed E-state index contributed by atoms with van der Waals surface area (Å²) in [4.78, 5) is 0. The minimum Gasteiger partial charge on any atom is -0.378 e. The van der Waals surface area contributed by atoms with Crippen LogP contribution in [-0.2, 0) is 16.0 Å². The van der Waals surface area contributed by atoms with Crippen LogP contribution < -0.4 is 0 Å². The molecule has 1 aliphatic rings. The Hall–Kier alpha value is -1.46. The van der Waals surface area contributed by atoms with E-state index in [1.165, 1.54) is 0 Å². The van der Waals surface area contributed by atoms with Crippen LogP contribution >= 0.6 is 0 Å². The van der Waals surface area contributed by atoms with Crippen molar-refractivity contribution in [2.75, 3.05) is 13.2 Å². The molecule has 1 aliphatic heterocycles. The van der Waals surface area contributed by atoms with E-state index in [1.807, 2.05) is 28.9 Å². The summed E-state index contributed by atoms with van der Waals surface area (Å²) in [7, 11) is 0. The average molecular weight is 261 g/mol. The summed E-state index contributed by atoms with van der Waals surface area (Å²) in [5, 5.41) is 8.43. The molecule has 1 aromatic carbocycles. The van der Waals surface area contributed by atoms with Gasteiger partial charge in [-0.3, -0.25) is 0 Å². The highest BCUT2D eigenvalue weighted by atomic mass is 16.6. The van der Waals surface area contributed by atoms with E-state index in [1.54, 1.807) is 0 Å². The third-order valence-electron chi connectivity index (χ3n) is 3.41. The normalized spacial score (nSPS) is 23.5. The van der Waals surface area contributed by atoms with Crippen molar-refractivity contribution in [3.05, 3.63) is 24.3 Å². The number of rotatable bonds is 4. The van der Waals surface area contributed by atoms with Gasteiger partial charge in [0.2, 0.25) is 0 Å². The Kier molecular flexibility index (Phi) is 3.24. The zero-order chi connectivity index (χ0) is 13.3. The van der Waals surface area contributed by atoms with Crippen LogP contribution in [0.2, 0.25) is 0 Å². The van der Waals surface area contributed by atoms with Crippen LogP contribution in [0.3, 0.4) is 0 Å². The van der Waals surface area contributed by atoms with Crippen LogP contribution in [0.4, 0.5) is 0 Å². The van der Waals surface area contributed by atoms with Gasteiger partial charge in [0.15, 0.2) is 0 Å². The van der Waals surface area contributed by atoms with E-state index in [-0.39, 0.29) is 11.7 Å². The number of hydrogen-bond acceptors (Lipinski definition) is 4. The maximum Gasteiger partial charge on any atom is 0.113 e. The van der Waals surface area contributed by atoms with Gasteiger partial charge in [0.25, 0.3) is 0 Å². The summed E-state index contributed by atoms with van der Waals surface area (Å²) in [6.45, 7) is 6.17. The van der Waals surface area contributed by atoms with Crippen molar-refractivity contribution in [2.24, 2.45) is 0 Å². The first-order chi connectivity index (χ1) is 9.19. The molecule has 102 valence electrons. The Bertz CT molecular complexity index is 559. The van der Waals surface area contributed by atoms with Gasteiger partial charge in [-0.05, 0) is 26.0 Å². The van der Waals surface area contributed by atoms with E-state index in [9.17, 15) is 0 Å². The van der Waals surface area contributed by atoms with Crippen molar-refractivity contribution in [1.82, 2.24) is 15.0 Å². The van der Waals surface area contributed by atoms with Crippen molar-refractivity contribution in [1.29, 1.82) is 0 Å². The van der Waals surface area contributed by atoms with Crippen LogP contribution in [0.5, 0.6) is 0 Å². The van der Waals surface area contributed by atoms with Crippen molar-refractivity contribution in [3.8, 4) is 0 Å². The highest BCUT2D eigenvalue weighted by Gasteiger charge is 2.38. The van der Waals surface area contributed by atoms with Crippen molar-refractivity contribution in [2.45, 2.75) is 38.5 Å². The van der Waals surface area contributed by atoms with Gasteiger partial charge in [-0.25, -0.2) is 4.68 Å². The molecule has 2 heterocycles. The minimum absolute atomic E-state index is 0.177. The Morgan fingerprint density at radius 1 is 1.42 bits per heavy atom. The molecule has 19 heavy (non-hydrogen) atoms. The number of para-hydroxylation sites is 1. The molecular weight excluding hydrogens is 242 g/mol. The van der Waals surface area contributed by atoms with Gasteiger partial charge in [-0.2, -0.15) is 0 Å². The van der Waals surface area contributed by atoms with Gasteiger partial charge >= 0.3 is 0 Å². The molecule has 1 aromatic heterocycles. The van der Waals surface area contributed by atoms with Crippen LogP contribution in [0.25, 0.3) is 11.0 Å². The molecule has 0 aliphatic carbocycles. The molecule has 5 nitrogen and oxygen atoms in total. The van der Waals surface area contributed by atoms with E-state index in [2.05, 4.69) is 24.2 Å². The van der Waals surface area contributed by atoms with E-state index in [0.717, 1.165) is 24.1 Å². The maximum atomic E-state index is 6.11. The molecule has 1 unspecified atom stereocenters. The maximum absolute atomic E-state index is 6.11. The molecule has 0 spiro atoms. The van der Waals surface area contributed by atoms with Gasteiger partial charge in [0.05, 0.1) is 24.8 Å². The van der Waals surface area contributed by atoms with Crippen molar-refractivity contribution >= 4 is 11.0 Å². The van der Waals surface area contributed by atoms with Crippen LogP contribution in [0.1, 0.15) is 20.3 Å². The summed E-state index contributed by atoms with van der Waals surface area (Å²) < 4.78 is 13.6. The second-order valence-corrected chi connectivity index (χ2v) is 5.39. The summed E-state index contributed by atoms with van der Waals surface area (Å²) >= 11 is 0. The molecule has 1 saturated heterocycles. The number of ether oxygens (including phenoxy) is 2. The number of benzene rings is 1. The molecule has 5 heteroatoms. The summed E-state index contributed by atoms with van der Waals surface area (Å²) in [5.74, 6) is 0. The van der Waals surface area contributed by atoms with Gasteiger partial charge in [0, 0.05) is 13.0 Å². The predicted molar refractivity (Wildman–Crippen MR) is 71.9 cm³/mol. The quantitative estimate of drug-likeness (QED) is 0.844. The van der Waals surface area contributed by atoms with Crippen LogP contribution in [0.15, 0.2) is 24.3 Å². The van der Waals surface area contributed by atoms with E-state index >= 15 is 0 Å². The topological polar surface area (TPSA) is 49.2 Å². The first kappa shape index (κ1) is 12.6. The third kappa shape index (κ3) is 2.48. The molecule has 1 atom stereocenters. The molecule has 0 amide bonds. The zero-order valence-corrected chi connectivity index (χ0v) is 11.4. The zero-order valence-electron chi connectivity index (χ0n) is 11.4. The highest BCUT2D eigenvalue weighted by molar-refractivity contribution is 5.73. The van der Waals surface area contributed by atoms with Gasteiger partial charge in [0.1, 0.15) is 11.1 Å². The van der Waals surface area contributed by atoms with E-state index in [4.69, 9.17) is 9.47 Å². The first-order valence-electron chi connectivity index (χ1n) is 6.72. The number of fused-ring (bicyclic) bond motifs is 1. The molecule has 2 aromatic rings. The Morgan fingerprint density at radius 2 is 2.26 bits per heavy atom. The smallest absolute Gasteiger partial charge is 0.113 e. The van der Waals surface area contributed by atoms with E-state index < -0.39 is 0 Å². The third-order valence-corrected chi connectivity index (χ3v) is 3.41. The lowest BCUT2D eigenvalue weighted by molar-refractivity contribution is -0.0926. The summed E-state index contributed by atoms with van der Waals surface area (Å²) in [6.07, 6.45) is 1.08. The first-order valence-corrected chi connectivity index (χ1v) is 6.72. The standard InChI is InChI=1S/C14H19N3O2/c1-11(2)19-14(7-8-18-10-14)9-17-13-6-4-3-5-12(13)15-16-17/h3-6,11H,7-10H2,1-2H3. The van der Waals surface area contributed by atoms with Crippen molar-refractivity contribution < 1.29 is 9.47 Å². The molecule has 0 bridgehead atoms. The van der Waals surface area contributed by atoms with Crippen LogP contribution in [0, 0.1) is 0 Å². The van der Waals surface area contributed by atoms with E-state index in [0.29, 0.717) is 13.2 Å². The van der Waals surface area contributed by atoms with Gasteiger partial charge < -0.3 is 9.47 Å². The van der Waals surface area contributed by atoms with Crippen molar-refractivity contribution in [3.63, 3.8) is 0 Å². The second kappa shape index (κ2) is 4.90. The molecular formula is C14H19N3O2. The second-order valence-electron chi connectivity index (χ2n) is 5.39. The highest BCUT2D eigenvalue weighted by Crippen LogP contribution is 2.27. The lowest BCUT2D eigenvalue weighted by atomic mass is 10.0. The summed E-state index contributed by atoms with van der Waals surface area (Å²) in [6, 6.07) is 7.98. The fourth-order valence-electron chi connectivity index (χ4n) is 2.65. The summed E-state index contributed by atoms with van der Waals surface area (Å²) in [5.41, 5.74) is 1.69. The Morgan fingerprint density at radius 3 is 3.00 bits per heavy atom. The molecule has 1 fully saturated rings. The Balaban J connectivity index is 1.89. The number of hydrogen-bond donors (Lipinski definition) is 0. The van der Waals surface area contributed by atoms with Gasteiger partial charge in [-0.15, -0.1) is 5.10 Å². The lowest BCUT2D eigenvalue weighted by Gasteiger charge is -2.29. The van der Waals surface area contributed by atoms with Crippen LogP contribution in [-0.4, -0.2) is 39.9 Å².